The fourth-order valence-electron chi connectivity index (χ4n) is 7.18. The van der Waals surface area contributed by atoms with Crippen LogP contribution >= 0.6 is 22.9 Å². The number of phenols is 1. The Hall–Kier alpha value is -3.63. The number of nitrogens with zero attached hydrogens (tertiary/aromatic N) is 6. The Morgan fingerprint density at radius 1 is 1.08 bits per heavy atom. The van der Waals surface area contributed by atoms with Crippen LogP contribution in [0.25, 0.3) is 32.9 Å². The van der Waals surface area contributed by atoms with E-state index in [1.165, 1.54) is 26.7 Å². The van der Waals surface area contributed by atoms with E-state index in [4.69, 9.17) is 4.74 Å². The second kappa shape index (κ2) is 11.5. The molecule has 3 aliphatic heterocycles. The van der Waals surface area contributed by atoms with Crippen molar-refractivity contribution in [3.63, 3.8) is 0 Å². The molecule has 0 amide bonds. The number of piperazine rings is 1. The van der Waals surface area contributed by atoms with Crippen LogP contribution in [0.1, 0.15) is 29.7 Å². The Balaban J connectivity index is 1.47. The van der Waals surface area contributed by atoms with Crippen LogP contribution in [0.5, 0.6) is 11.8 Å². The number of aromatic nitrogens is 3. The summed E-state index contributed by atoms with van der Waals surface area (Å²) in [7, 11) is 1.54. The molecule has 0 spiro atoms. The standard InChI is InChI=1S/C31H27F7IN7O2/c1-13-23(24-17(8-40)22(47)6-5-20(24)44(13)2)25-18(30(33,34)35)7-16-27(26(25)32)42-29(48-12-21-19(11-46(21)39)31(36,37)38)43-28(16)45-9-14-3-4-15(10-45)41-14/h5-7,14-15,19,21,41,47H,3-4,9-12H2,1-2H3/t14?,15?,19-,21-/m1/s1. The van der Waals surface area contributed by atoms with Crippen LogP contribution < -0.4 is 15.0 Å². The van der Waals surface area contributed by atoms with Gasteiger partial charge in [0, 0.05) is 89.2 Å². The number of benzene rings is 2. The highest BCUT2D eigenvalue weighted by Gasteiger charge is 2.54. The van der Waals surface area contributed by atoms with Crippen molar-refractivity contribution in [3.05, 3.63) is 40.8 Å². The van der Waals surface area contributed by atoms with Crippen molar-refractivity contribution in [2.24, 2.45) is 13.0 Å². The monoisotopic (exact) mass is 789 g/mol. The van der Waals surface area contributed by atoms with Crippen molar-refractivity contribution < 1.29 is 40.6 Å². The molecular formula is C31H27F7IN7O2. The van der Waals surface area contributed by atoms with Gasteiger partial charge in [0.2, 0.25) is 0 Å². The van der Waals surface area contributed by atoms with Crippen molar-refractivity contribution >= 4 is 50.5 Å². The number of nitriles is 1. The molecule has 2 aromatic carbocycles. The molecule has 2 bridgehead atoms. The van der Waals surface area contributed by atoms with Crippen LogP contribution in [0.3, 0.4) is 0 Å². The first-order valence-corrected chi connectivity index (χ1v) is 16.0. The van der Waals surface area contributed by atoms with E-state index in [0.29, 0.717) is 13.1 Å². The molecule has 3 fully saturated rings. The summed E-state index contributed by atoms with van der Waals surface area (Å²) >= 11 is 1.76. The van der Waals surface area contributed by atoms with Crippen molar-refractivity contribution in [1.29, 1.82) is 5.26 Å². The molecule has 48 heavy (non-hydrogen) atoms. The van der Waals surface area contributed by atoms with E-state index < -0.39 is 65.1 Å². The molecular weight excluding hydrogens is 762 g/mol. The normalized spacial score (nSPS) is 23.1. The quantitative estimate of drug-likeness (QED) is 0.137. The van der Waals surface area contributed by atoms with E-state index in [1.54, 1.807) is 34.8 Å². The Kier molecular flexibility index (Phi) is 7.86. The number of nitrogens with one attached hydrogen (secondary N) is 1. The van der Waals surface area contributed by atoms with Crippen molar-refractivity contribution in [2.75, 3.05) is 31.1 Å². The van der Waals surface area contributed by atoms with E-state index in [9.17, 15) is 36.7 Å². The van der Waals surface area contributed by atoms with Gasteiger partial charge in [0.05, 0.1) is 23.0 Å². The van der Waals surface area contributed by atoms with E-state index in [1.807, 2.05) is 6.07 Å². The number of anilines is 1. The zero-order valence-electron chi connectivity index (χ0n) is 25.3. The van der Waals surface area contributed by atoms with Crippen molar-refractivity contribution in [2.45, 2.75) is 50.2 Å². The average Bonchev–Trinajstić information content (AvgIpc) is 3.48. The smallest absolute Gasteiger partial charge is 0.417 e. The minimum absolute atomic E-state index is 0.00912. The van der Waals surface area contributed by atoms with Gasteiger partial charge < -0.3 is 24.6 Å². The molecule has 7 rings (SSSR count). The van der Waals surface area contributed by atoms with Crippen LogP contribution in [0, 0.1) is 30.0 Å². The number of ether oxygens (including phenoxy) is 1. The molecule has 0 radical (unpaired) electrons. The van der Waals surface area contributed by atoms with Gasteiger partial charge in [0.15, 0.2) is 5.82 Å². The zero-order chi connectivity index (χ0) is 34.4. The van der Waals surface area contributed by atoms with Gasteiger partial charge in [-0.3, -0.25) is 0 Å². The lowest BCUT2D eigenvalue weighted by Gasteiger charge is -2.44. The number of aryl methyl sites for hydroxylation is 1. The third kappa shape index (κ3) is 5.26. The number of halogens is 8. The molecule has 5 heterocycles. The van der Waals surface area contributed by atoms with Crippen molar-refractivity contribution in [1.82, 2.24) is 23.0 Å². The molecule has 2 unspecified atom stereocenters. The fourth-order valence-corrected chi connectivity index (χ4v) is 8.15. The van der Waals surface area contributed by atoms with Crippen LogP contribution in [0.15, 0.2) is 18.2 Å². The van der Waals surface area contributed by atoms with Gasteiger partial charge in [-0.25, -0.2) is 7.50 Å². The van der Waals surface area contributed by atoms with Gasteiger partial charge in [-0.1, -0.05) is 0 Å². The predicted molar refractivity (Wildman–Crippen MR) is 169 cm³/mol. The molecule has 2 aromatic heterocycles. The van der Waals surface area contributed by atoms with Crippen molar-refractivity contribution in [3.8, 4) is 29.0 Å². The Labute approximate surface area is 282 Å². The fraction of sp³-hybridized carbons (Fsp3) is 0.452. The predicted octanol–water partition coefficient (Wildman–Crippen LogP) is 6.36. The molecule has 254 valence electrons. The number of aromatic hydroxyl groups is 1. The highest BCUT2D eigenvalue weighted by atomic mass is 127. The van der Waals surface area contributed by atoms with Gasteiger partial charge in [-0.05, 0) is 38.0 Å². The molecule has 4 aromatic rings. The third-order valence-corrected chi connectivity index (χ3v) is 10.8. The summed E-state index contributed by atoms with van der Waals surface area (Å²) in [6, 6.07) is 3.72. The first-order chi connectivity index (χ1) is 22.6. The highest BCUT2D eigenvalue weighted by molar-refractivity contribution is 14.1. The molecule has 3 aliphatic rings. The number of hydrogen-bond acceptors (Lipinski definition) is 8. The number of rotatable bonds is 5. The van der Waals surface area contributed by atoms with E-state index in [-0.39, 0.29) is 57.6 Å². The van der Waals surface area contributed by atoms with Gasteiger partial charge in [0.25, 0.3) is 0 Å². The summed E-state index contributed by atoms with van der Waals surface area (Å²) in [5.41, 5.74) is -2.85. The van der Waals surface area contributed by atoms with Gasteiger partial charge in [0.1, 0.15) is 35.3 Å². The highest BCUT2D eigenvalue weighted by Crippen LogP contribution is 2.48. The molecule has 3 saturated heterocycles. The van der Waals surface area contributed by atoms with Crippen LogP contribution in [0.4, 0.5) is 36.6 Å². The molecule has 9 nitrogen and oxygen atoms in total. The molecule has 0 saturated carbocycles. The Morgan fingerprint density at radius 2 is 1.77 bits per heavy atom. The number of alkyl halides is 6. The zero-order valence-corrected chi connectivity index (χ0v) is 27.5. The summed E-state index contributed by atoms with van der Waals surface area (Å²) in [6.07, 6.45) is -7.92. The maximum atomic E-state index is 17.1. The lowest BCUT2D eigenvalue weighted by molar-refractivity contribution is -0.215. The van der Waals surface area contributed by atoms with E-state index in [0.717, 1.165) is 18.9 Å². The molecule has 2 N–H and O–H groups in total. The number of phenolic OH excluding ortho intramolecular Hbond substituents is 1. The molecule has 4 atom stereocenters. The Bertz CT molecular complexity index is 2000. The minimum atomic E-state index is -5.09. The largest absolute Gasteiger partial charge is 0.507 e. The average molecular weight is 789 g/mol. The number of hydrogen-bond donors (Lipinski definition) is 2. The van der Waals surface area contributed by atoms with Gasteiger partial charge in [-0.15, -0.1) is 0 Å². The van der Waals surface area contributed by atoms with Crippen LogP contribution in [-0.2, 0) is 13.2 Å². The summed E-state index contributed by atoms with van der Waals surface area (Å²) in [6.45, 7) is 1.43. The summed E-state index contributed by atoms with van der Waals surface area (Å²) in [4.78, 5) is 10.3. The summed E-state index contributed by atoms with van der Waals surface area (Å²) < 4.78 is 111. The topological polar surface area (TPSA) is 102 Å². The van der Waals surface area contributed by atoms with Crippen LogP contribution in [0.2, 0.25) is 0 Å². The number of fused-ring (bicyclic) bond motifs is 4. The second-order valence-corrected chi connectivity index (χ2v) is 13.7. The Morgan fingerprint density at radius 3 is 2.38 bits per heavy atom. The molecule has 17 heteroatoms. The van der Waals surface area contributed by atoms with Gasteiger partial charge in [-0.2, -0.15) is 41.6 Å². The van der Waals surface area contributed by atoms with E-state index >= 15 is 4.39 Å². The first-order valence-electron chi connectivity index (χ1n) is 15.0. The minimum Gasteiger partial charge on any atom is -0.507 e. The van der Waals surface area contributed by atoms with Gasteiger partial charge >= 0.3 is 18.4 Å². The second-order valence-electron chi connectivity index (χ2n) is 12.5. The lowest BCUT2D eigenvalue weighted by atomic mass is 9.92. The molecule has 0 aliphatic carbocycles. The lowest BCUT2D eigenvalue weighted by Crippen LogP contribution is -2.59. The summed E-state index contributed by atoms with van der Waals surface area (Å²) in [5.74, 6) is -3.56. The third-order valence-electron chi connectivity index (χ3n) is 9.71. The summed E-state index contributed by atoms with van der Waals surface area (Å²) in [5, 5.41) is 23.4. The first kappa shape index (κ1) is 32.9. The van der Waals surface area contributed by atoms with E-state index in [2.05, 4.69) is 15.3 Å². The van der Waals surface area contributed by atoms with Crippen LogP contribution in [-0.4, -0.2) is 73.3 Å². The maximum Gasteiger partial charge on any atom is 0.417 e. The maximum absolute atomic E-state index is 17.1. The SMILES string of the molecule is Cc1c(-c2c(C(F)(F)F)cc3c(N4CC5CCC(C4)N5)nc(OC[C@@H]4[C@H](C(F)(F)F)CN4I)nc3c2F)c2c(C#N)c(O)ccc2n1C.